The summed E-state index contributed by atoms with van der Waals surface area (Å²) in [6.45, 7) is 0.479. The van der Waals surface area contributed by atoms with E-state index in [9.17, 15) is 8.42 Å². The lowest BCUT2D eigenvalue weighted by molar-refractivity contribution is 0.433. The fourth-order valence-electron chi connectivity index (χ4n) is 3.33. The number of benzene rings is 1. The molecule has 2 aromatic rings. The van der Waals surface area contributed by atoms with Crippen LogP contribution in [0.4, 0.5) is 0 Å². The van der Waals surface area contributed by atoms with Gasteiger partial charge >= 0.3 is 0 Å². The van der Waals surface area contributed by atoms with Crippen molar-refractivity contribution in [3.8, 4) is 0 Å². The predicted molar refractivity (Wildman–Crippen MR) is 96.5 cm³/mol. The van der Waals surface area contributed by atoms with E-state index in [1.54, 1.807) is 35.6 Å². The van der Waals surface area contributed by atoms with Crippen LogP contribution in [0.5, 0.6) is 0 Å². The summed E-state index contributed by atoms with van der Waals surface area (Å²) in [6, 6.07) is 9.13. The van der Waals surface area contributed by atoms with Crippen molar-refractivity contribution < 1.29 is 8.42 Å². The Hall–Kier alpha value is -0.880. The lowest BCUT2D eigenvalue weighted by atomic mass is 9.81. The molecule has 0 atom stereocenters. The number of rotatable bonds is 6. The van der Waals surface area contributed by atoms with Crippen molar-refractivity contribution >= 4 is 33.0 Å². The molecule has 0 saturated heterocycles. The molecule has 0 amide bonds. The molecule has 124 valence electrons. The number of hydrogen-bond donors (Lipinski definition) is 1. The molecule has 6 heteroatoms. The average molecular weight is 370 g/mol. The van der Waals surface area contributed by atoms with Gasteiger partial charge in [-0.2, -0.15) is 11.3 Å². The number of sulfonamides is 1. The Morgan fingerprint density at radius 2 is 2.00 bits per heavy atom. The highest BCUT2D eigenvalue weighted by Crippen LogP contribution is 2.41. The Bertz CT molecular complexity index is 751. The summed E-state index contributed by atoms with van der Waals surface area (Å²) in [5.74, 6) is -0.0344. The SMILES string of the molecule is O=S(=O)(Cc1cccc(Cl)c1)NCC1(c2ccsc2)CCCC1. The van der Waals surface area contributed by atoms with E-state index in [2.05, 4.69) is 21.5 Å². The highest BCUT2D eigenvalue weighted by Gasteiger charge is 2.36. The van der Waals surface area contributed by atoms with Crippen LogP contribution in [0.15, 0.2) is 41.1 Å². The minimum Gasteiger partial charge on any atom is -0.214 e. The Labute approximate surface area is 146 Å². The first-order chi connectivity index (χ1) is 11.0. The van der Waals surface area contributed by atoms with Crippen molar-refractivity contribution in [3.05, 3.63) is 57.2 Å². The minimum absolute atomic E-state index is 0.0344. The number of halogens is 1. The maximum absolute atomic E-state index is 12.4. The van der Waals surface area contributed by atoms with E-state index in [1.807, 2.05) is 0 Å². The normalized spacial score (nSPS) is 17.4. The van der Waals surface area contributed by atoms with Gasteiger partial charge in [0, 0.05) is 17.0 Å². The van der Waals surface area contributed by atoms with Crippen molar-refractivity contribution in [1.82, 2.24) is 4.72 Å². The summed E-state index contributed by atoms with van der Waals surface area (Å²) in [4.78, 5) is 0. The van der Waals surface area contributed by atoms with Gasteiger partial charge in [0.2, 0.25) is 10.0 Å². The molecule has 1 fully saturated rings. The van der Waals surface area contributed by atoms with E-state index in [-0.39, 0.29) is 11.2 Å². The Morgan fingerprint density at radius 3 is 2.65 bits per heavy atom. The van der Waals surface area contributed by atoms with E-state index < -0.39 is 10.0 Å². The van der Waals surface area contributed by atoms with Crippen molar-refractivity contribution in [2.75, 3.05) is 6.54 Å². The van der Waals surface area contributed by atoms with Crippen molar-refractivity contribution in [2.45, 2.75) is 36.9 Å². The predicted octanol–water partition coefficient (Wildman–Crippen LogP) is 4.33. The topological polar surface area (TPSA) is 46.2 Å². The van der Waals surface area contributed by atoms with E-state index in [4.69, 9.17) is 11.6 Å². The molecule has 1 aromatic carbocycles. The number of hydrogen-bond acceptors (Lipinski definition) is 3. The summed E-state index contributed by atoms with van der Waals surface area (Å²) in [7, 11) is -3.37. The van der Waals surface area contributed by atoms with Gasteiger partial charge in [-0.15, -0.1) is 0 Å². The molecular weight excluding hydrogens is 350 g/mol. The van der Waals surface area contributed by atoms with Gasteiger partial charge in [-0.3, -0.25) is 0 Å². The third-order valence-electron chi connectivity index (χ3n) is 4.57. The van der Waals surface area contributed by atoms with Gasteiger partial charge in [0.1, 0.15) is 0 Å². The monoisotopic (exact) mass is 369 g/mol. The summed E-state index contributed by atoms with van der Waals surface area (Å²) < 4.78 is 27.7. The van der Waals surface area contributed by atoms with E-state index in [0.717, 1.165) is 25.7 Å². The Balaban J connectivity index is 1.70. The fraction of sp³-hybridized carbons (Fsp3) is 0.412. The molecule has 1 aromatic heterocycles. The highest BCUT2D eigenvalue weighted by atomic mass is 35.5. The van der Waals surface area contributed by atoms with E-state index >= 15 is 0 Å². The van der Waals surface area contributed by atoms with Crippen molar-refractivity contribution in [2.24, 2.45) is 0 Å². The molecule has 23 heavy (non-hydrogen) atoms. The van der Waals surface area contributed by atoms with Crippen LogP contribution in [-0.2, 0) is 21.2 Å². The molecule has 1 saturated carbocycles. The molecule has 1 heterocycles. The third kappa shape index (κ3) is 4.15. The number of thiophene rings is 1. The van der Waals surface area contributed by atoms with Crippen molar-refractivity contribution in [1.29, 1.82) is 0 Å². The Morgan fingerprint density at radius 1 is 1.22 bits per heavy atom. The molecular formula is C17H20ClNO2S2. The largest absolute Gasteiger partial charge is 0.215 e. The quantitative estimate of drug-likeness (QED) is 0.823. The molecule has 0 bridgehead atoms. The van der Waals surface area contributed by atoms with Gasteiger partial charge in [-0.1, -0.05) is 36.6 Å². The first kappa shape index (κ1) is 17.0. The zero-order valence-corrected chi connectivity index (χ0v) is 15.2. The van der Waals surface area contributed by atoms with E-state index in [0.29, 0.717) is 17.1 Å². The molecule has 0 unspecified atom stereocenters. The van der Waals surface area contributed by atoms with Crippen molar-refractivity contribution in [3.63, 3.8) is 0 Å². The lowest BCUT2D eigenvalue weighted by Crippen LogP contribution is -2.39. The zero-order chi connectivity index (χ0) is 16.3. The average Bonchev–Trinajstić information content (AvgIpc) is 3.17. The zero-order valence-electron chi connectivity index (χ0n) is 12.8. The second-order valence-electron chi connectivity index (χ2n) is 6.21. The number of nitrogens with one attached hydrogen (secondary N) is 1. The van der Waals surface area contributed by atoms with Crippen LogP contribution >= 0.6 is 22.9 Å². The van der Waals surface area contributed by atoms with Crippen LogP contribution in [0.2, 0.25) is 5.02 Å². The van der Waals surface area contributed by atoms with Crippen LogP contribution in [0.3, 0.4) is 0 Å². The van der Waals surface area contributed by atoms with Gasteiger partial charge in [0.15, 0.2) is 0 Å². The summed E-state index contributed by atoms with van der Waals surface area (Å²) in [6.07, 6.45) is 4.41. The molecule has 1 N–H and O–H groups in total. The molecule has 3 rings (SSSR count). The van der Waals surface area contributed by atoms with Gasteiger partial charge in [0.25, 0.3) is 0 Å². The van der Waals surface area contributed by atoms with Gasteiger partial charge in [-0.05, 0) is 52.9 Å². The van der Waals surface area contributed by atoms with E-state index in [1.165, 1.54) is 5.56 Å². The summed E-state index contributed by atoms with van der Waals surface area (Å²) in [5.41, 5.74) is 1.94. The first-order valence-electron chi connectivity index (χ1n) is 7.74. The third-order valence-corrected chi connectivity index (χ3v) is 6.79. The Kier molecular flexibility index (Phi) is 5.11. The second kappa shape index (κ2) is 6.93. The summed E-state index contributed by atoms with van der Waals surface area (Å²) in [5, 5.41) is 4.77. The second-order valence-corrected chi connectivity index (χ2v) is 9.23. The van der Waals surface area contributed by atoms with Gasteiger partial charge < -0.3 is 0 Å². The fourth-order valence-corrected chi connectivity index (χ4v) is 5.54. The molecule has 1 aliphatic rings. The minimum atomic E-state index is -3.37. The lowest BCUT2D eigenvalue weighted by Gasteiger charge is -2.28. The van der Waals surface area contributed by atoms with Gasteiger partial charge in [-0.25, -0.2) is 13.1 Å². The standard InChI is InChI=1S/C17H20ClNO2S2/c18-16-5-3-4-14(10-16)12-23(20,21)19-13-17(7-1-2-8-17)15-6-9-22-11-15/h3-6,9-11,19H,1-2,7-8,12-13H2. The maximum atomic E-state index is 12.4. The summed E-state index contributed by atoms with van der Waals surface area (Å²) >= 11 is 7.60. The van der Waals surface area contributed by atoms with Crippen LogP contribution in [0.1, 0.15) is 36.8 Å². The van der Waals surface area contributed by atoms with Crippen LogP contribution in [0.25, 0.3) is 0 Å². The van der Waals surface area contributed by atoms with Gasteiger partial charge in [0.05, 0.1) is 5.75 Å². The molecule has 1 aliphatic carbocycles. The molecule has 0 radical (unpaired) electrons. The van der Waals surface area contributed by atoms with Crippen LogP contribution in [-0.4, -0.2) is 15.0 Å². The smallest absolute Gasteiger partial charge is 0.214 e. The van der Waals surface area contributed by atoms with Crippen LogP contribution < -0.4 is 4.72 Å². The molecule has 0 aliphatic heterocycles. The van der Waals surface area contributed by atoms with Crippen LogP contribution in [0, 0.1) is 0 Å². The maximum Gasteiger partial charge on any atom is 0.215 e. The first-order valence-corrected chi connectivity index (χ1v) is 10.7. The molecule has 0 spiro atoms. The molecule has 3 nitrogen and oxygen atoms in total. The highest BCUT2D eigenvalue weighted by molar-refractivity contribution is 7.88.